The van der Waals surface area contributed by atoms with Crippen LogP contribution in [0.3, 0.4) is 0 Å². The molecule has 2 aromatic carbocycles. The number of anilines is 1. The monoisotopic (exact) mass is 373 g/mol. The molecule has 1 aliphatic heterocycles. The molecule has 3 rings (SSSR count). The fourth-order valence-electron chi connectivity index (χ4n) is 3.34. The molecule has 138 valence electrons. The van der Waals surface area contributed by atoms with Crippen LogP contribution in [0, 0.1) is 0 Å². The molecule has 0 unspecified atom stereocenters. The Morgan fingerprint density at radius 3 is 2.54 bits per heavy atom. The lowest BCUT2D eigenvalue weighted by Gasteiger charge is -2.25. The second-order valence-electron chi connectivity index (χ2n) is 6.71. The van der Waals surface area contributed by atoms with E-state index in [9.17, 15) is 13.2 Å². The standard InChI is InChI=1S/C19H23N3O3S/c1-13-11-16-5-3-4-6-18(16)22(13)12-19(23)21-14(2)15-7-9-17(10-8-15)26(20,24)25/h3-10,13-14H,11-12H2,1-2H3,(H,21,23)(H2,20,24,25)/t13-,14+/m1/s1. The highest BCUT2D eigenvalue weighted by Gasteiger charge is 2.27. The van der Waals surface area contributed by atoms with Gasteiger partial charge in [-0.2, -0.15) is 0 Å². The van der Waals surface area contributed by atoms with Crippen LogP contribution in [-0.4, -0.2) is 26.9 Å². The molecule has 2 atom stereocenters. The number of carbonyl (C=O) groups is 1. The van der Waals surface area contributed by atoms with Gasteiger partial charge in [0.15, 0.2) is 0 Å². The highest BCUT2D eigenvalue weighted by Crippen LogP contribution is 2.31. The third-order valence-electron chi connectivity index (χ3n) is 4.75. The molecule has 0 spiro atoms. The van der Waals surface area contributed by atoms with Gasteiger partial charge in [-0.1, -0.05) is 30.3 Å². The van der Waals surface area contributed by atoms with Gasteiger partial charge >= 0.3 is 0 Å². The average molecular weight is 373 g/mol. The summed E-state index contributed by atoms with van der Waals surface area (Å²) in [6.45, 7) is 4.27. The predicted octanol–water partition coefficient (Wildman–Crippen LogP) is 1.96. The van der Waals surface area contributed by atoms with Gasteiger partial charge in [0.1, 0.15) is 0 Å². The summed E-state index contributed by atoms with van der Waals surface area (Å²) >= 11 is 0. The molecule has 0 bridgehead atoms. The van der Waals surface area contributed by atoms with Crippen LogP contribution in [0.5, 0.6) is 0 Å². The van der Waals surface area contributed by atoms with Crippen molar-refractivity contribution in [3.63, 3.8) is 0 Å². The van der Waals surface area contributed by atoms with Gasteiger partial charge in [0.25, 0.3) is 0 Å². The van der Waals surface area contributed by atoms with Crippen LogP contribution in [0.4, 0.5) is 5.69 Å². The summed E-state index contributed by atoms with van der Waals surface area (Å²) in [6.07, 6.45) is 0.939. The second kappa shape index (κ2) is 7.09. The number of rotatable bonds is 5. The van der Waals surface area contributed by atoms with Gasteiger partial charge in [-0.15, -0.1) is 0 Å². The minimum Gasteiger partial charge on any atom is -0.359 e. The van der Waals surface area contributed by atoms with Crippen LogP contribution in [-0.2, 0) is 21.2 Å². The normalized spacial score (nSPS) is 17.7. The number of benzene rings is 2. The van der Waals surface area contributed by atoms with Crippen molar-refractivity contribution in [3.8, 4) is 0 Å². The number of nitrogens with zero attached hydrogens (tertiary/aromatic N) is 1. The number of fused-ring (bicyclic) bond motifs is 1. The second-order valence-corrected chi connectivity index (χ2v) is 8.27. The smallest absolute Gasteiger partial charge is 0.240 e. The molecule has 3 N–H and O–H groups in total. The van der Waals surface area contributed by atoms with E-state index in [-0.39, 0.29) is 29.4 Å². The van der Waals surface area contributed by atoms with Crippen molar-refractivity contribution in [3.05, 3.63) is 59.7 Å². The van der Waals surface area contributed by atoms with Crippen LogP contribution in [0.25, 0.3) is 0 Å². The minimum absolute atomic E-state index is 0.0577. The molecule has 7 heteroatoms. The van der Waals surface area contributed by atoms with E-state index in [1.54, 1.807) is 12.1 Å². The Hall–Kier alpha value is -2.38. The molecular weight excluding hydrogens is 350 g/mol. The Morgan fingerprint density at radius 1 is 1.23 bits per heavy atom. The maximum absolute atomic E-state index is 12.5. The number of primary sulfonamides is 1. The topological polar surface area (TPSA) is 92.5 Å². The molecule has 26 heavy (non-hydrogen) atoms. The maximum atomic E-state index is 12.5. The fraction of sp³-hybridized carbons (Fsp3) is 0.316. The lowest BCUT2D eigenvalue weighted by molar-refractivity contribution is -0.120. The number of amides is 1. The molecule has 1 amide bonds. The van der Waals surface area contributed by atoms with Crippen molar-refractivity contribution in [2.75, 3.05) is 11.4 Å². The van der Waals surface area contributed by atoms with E-state index in [4.69, 9.17) is 5.14 Å². The Kier molecular flexibility index (Phi) is 5.02. The van der Waals surface area contributed by atoms with Crippen molar-refractivity contribution >= 4 is 21.6 Å². The van der Waals surface area contributed by atoms with Crippen LogP contribution < -0.4 is 15.4 Å². The first kappa shape index (κ1) is 18.4. The summed E-state index contributed by atoms with van der Waals surface area (Å²) in [5.74, 6) is -0.0726. The fourth-order valence-corrected chi connectivity index (χ4v) is 3.86. The van der Waals surface area contributed by atoms with Crippen LogP contribution in [0.1, 0.15) is 31.0 Å². The Bertz CT molecular complexity index is 910. The lowest BCUT2D eigenvalue weighted by atomic mass is 10.1. The van der Waals surface area contributed by atoms with Gasteiger partial charge in [0, 0.05) is 11.7 Å². The summed E-state index contributed by atoms with van der Waals surface area (Å²) in [7, 11) is -3.71. The van der Waals surface area contributed by atoms with Gasteiger partial charge in [-0.25, -0.2) is 13.6 Å². The Morgan fingerprint density at radius 2 is 1.88 bits per heavy atom. The quantitative estimate of drug-likeness (QED) is 0.838. The third-order valence-corrected chi connectivity index (χ3v) is 5.68. The van der Waals surface area contributed by atoms with E-state index < -0.39 is 10.0 Å². The van der Waals surface area contributed by atoms with Gasteiger partial charge < -0.3 is 10.2 Å². The summed E-state index contributed by atoms with van der Waals surface area (Å²) in [5, 5.41) is 8.08. The molecule has 0 aliphatic carbocycles. The van der Waals surface area contributed by atoms with E-state index in [0.29, 0.717) is 0 Å². The largest absolute Gasteiger partial charge is 0.359 e. The van der Waals surface area contributed by atoms with Gasteiger partial charge in [0.05, 0.1) is 17.5 Å². The summed E-state index contributed by atoms with van der Waals surface area (Å²) < 4.78 is 22.6. The first-order valence-corrected chi connectivity index (χ1v) is 10.1. The maximum Gasteiger partial charge on any atom is 0.240 e. The molecule has 0 saturated heterocycles. The van der Waals surface area contributed by atoms with Crippen molar-refractivity contribution in [2.24, 2.45) is 5.14 Å². The molecule has 2 aromatic rings. The number of nitrogens with one attached hydrogen (secondary N) is 1. The number of nitrogens with two attached hydrogens (primary N) is 1. The van der Waals surface area contributed by atoms with Crippen molar-refractivity contribution in [1.82, 2.24) is 5.32 Å². The molecule has 0 saturated carbocycles. The summed E-state index contributed by atoms with van der Waals surface area (Å²) in [5.41, 5.74) is 3.19. The van der Waals surface area contributed by atoms with Crippen molar-refractivity contribution in [1.29, 1.82) is 0 Å². The SMILES string of the molecule is C[C@H](NC(=O)CN1c2ccccc2C[C@H]1C)c1ccc(S(N)(=O)=O)cc1. The van der Waals surface area contributed by atoms with Crippen molar-refractivity contribution in [2.45, 2.75) is 37.2 Å². The Labute approximate surface area is 154 Å². The van der Waals surface area contributed by atoms with Crippen LogP contribution in [0.15, 0.2) is 53.4 Å². The van der Waals surface area contributed by atoms with Crippen molar-refractivity contribution < 1.29 is 13.2 Å². The van der Waals surface area contributed by atoms with E-state index in [0.717, 1.165) is 17.7 Å². The Balaban J connectivity index is 1.65. The minimum atomic E-state index is -3.71. The lowest BCUT2D eigenvalue weighted by Crippen LogP contribution is -2.40. The molecule has 0 aromatic heterocycles. The predicted molar refractivity (Wildman–Crippen MR) is 101 cm³/mol. The zero-order valence-corrected chi connectivity index (χ0v) is 15.7. The first-order valence-electron chi connectivity index (χ1n) is 8.52. The number of sulfonamides is 1. The number of hydrogen-bond acceptors (Lipinski definition) is 4. The molecular formula is C19H23N3O3S. The highest BCUT2D eigenvalue weighted by atomic mass is 32.2. The van der Waals surface area contributed by atoms with Gasteiger partial charge in [-0.05, 0) is 49.6 Å². The number of para-hydroxylation sites is 1. The van der Waals surface area contributed by atoms with E-state index in [1.165, 1.54) is 17.7 Å². The number of carbonyl (C=O) groups excluding carboxylic acids is 1. The van der Waals surface area contributed by atoms with Crippen LogP contribution in [0.2, 0.25) is 0 Å². The zero-order valence-electron chi connectivity index (χ0n) is 14.8. The number of hydrogen-bond donors (Lipinski definition) is 2. The summed E-state index contributed by atoms with van der Waals surface area (Å²) in [4.78, 5) is 14.7. The third kappa shape index (κ3) is 3.89. The van der Waals surface area contributed by atoms with Gasteiger partial charge in [-0.3, -0.25) is 4.79 Å². The summed E-state index contributed by atoms with van der Waals surface area (Å²) in [6, 6.07) is 14.4. The van der Waals surface area contributed by atoms with Crippen LogP contribution >= 0.6 is 0 Å². The first-order chi connectivity index (χ1) is 12.3. The van der Waals surface area contributed by atoms with E-state index in [2.05, 4.69) is 23.2 Å². The zero-order chi connectivity index (χ0) is 18.9. The van der Waals surface area contributed by atoms with E-state index in [1.807, 2.05) is 25.1 Å². The highest BCUT2D eigenvalue weighted by molar-refractivity contribution is 7.89. The molecule has 0 radical (unpaired) electrons. The molecule has 0 fully saturated rings. The van der Waals surface area contributed by atoms with E-state index >= 15 is 0 Å². The average Bonchev–Trinajstić information content (AvgIpc) is 2.90. The molecule has 1 aliphatic rings. The van der Waals surface area contributed by atoms with Gasteiger partial charge in [0.2, 0.25) is 15.9 Å². The molecule has 1 heterocycles. The molecule has 6 nitrogen and oxygen atoms in total.